The number of hydrogen-bond donors (Lipinski definition) is 1. The average Bonchev–Trinajstić information content (AvgIpc) is 3.13. The predicted octanol–water partition coefficient (Wildman–Crippen LogP) is 5.39. The van der Waals surface area contributed by atoms with E-state index in [1.807, 2.05) is 6.26 Å². The first kappa shape index (κ1) is 18.7. The normalized spacial score (nSPS) is 15.0. The summed E-state index contributed by atoms with van der Waals surface area (Å²) in [7, 11) is 0. The zero-order valence-corrected chi connectivity index (χ0v) is 16.8. The second kappa shape index (κ2) is 7.67. The standard InChI is InChI=1S/C21H26N4S/c1-21(2,3)15-11-9-14(10-12-15)18-17(13-22)19(25-20(24-18)26-4)23-16-7-5-6-8-16/h9-12,16H,5-8H2,1-4H3,(H,23,24,25). The molecule has 136 valence electrons. The van der Waals surface area contributed by atoms with Crippen LogP contribution in [0.3, 0.4) is 0 Å². The molecule has 1 aliphatic rings. The van der Waals surface area contributed by atoms with Crippen LogP contribution < -0.4 is 5.32 Å². The number of nitrogens with zero attached hydrogens (tertiary/aromatic N) is 3. The van der Waals surface area contributed by atoms with E-state index in [-0.39, 0.29) is 5.41 Å². The quantitative estimate of drug-likeness (QED) is 0.581. The van der Waals surface area contributed by atoms with Crippen molar-refractivity contribution in [1.82, 2.24) is 9.97 Å². The fourth-order valence-corrected chi connectivity index (χ4v) is 3.71. The molecule has 0 amide bonds. The van der Waals surface area contributed by atoms with Crippen LogP contribution in [-0.4, -0.2) is 22.3 Å². The molecular formula is C21H26N4S. The van der Waals surface area contributed by atoms with E-state index >= 15 is 0 Å². The third kappa shape index (κ3) is 4.02. The highest BCUT2D eigenvalue weighted by Gasteiger charge is 2.21. The van der Waals surface area contributed by atoms with Gasteiger partial charge >= 0.3 is 0 Å². The van der Waals surface area contributed by atoms with E-state index in [1.54, 1.807) is 0 Å². The summed E-state index contributed by atoms with van der Waals surface area (Å²) in [6.45, 7) is 6.59. The Labute approximate surface area is 160 Å². The van der Waals surface area contributed by atoms with Gasteiger partial charge in [-0.1, -0.05) is 69.6 Å². The molecule has 1 heterocycles. The Morgan fingerprint density at radius 1 is 1.12 bits per heavy atom. The van der Waals surface area contributed by atoms with E-state index in [1.165, 1.54) is 30.2 Å². The topological polar surface area (TPSA) is 61.6 Å². The van der Waals surface area contributed by atoms with Crippen molar-refractivity contribution in [2.24, 2.45) is 0 Å². The SMILES string of the molecule is CSc1nc(NC2CCCC2)c(C#N)c(-c2ccc(C(C)(C)C)cc2)n1. The Balaban J connectivity index is 2.03. The summed E-state index contributed by atoms with van der Waals surface area (Å²) in [5, 5.41) is 14.0. The molecule has 0 spiro atoms. The van der Waals surface area contributed by atoms with Crippen molar-refractivity contribution in [1.29, 1.82) is 5.26 Å². The number of benzene rings is 1. The Morgan fingerprint density at radius 2 is 1.77 bits per heavy atom. The molecule has 0 bridgehead atoms. The lowest BCUT2D eigenvalue weighted by Gasteiger charge is -2.20. The van der Waals surface area contributed by atoms with Crippen LogP contribution in [0.4, 0.5) is 5.82 Å². The van der Waals surface area contributed by atoms with Crippen molar-refractivity contribution >= 4 is 17.6 Å². The highest BCUT2D eigenvalue weighted by Crippen LogP contribution is 2.32. The van der Waals surface area contributed by atoms with Crippen molar-refractivity contribution in [2.45, 2.75) is 63.1 Å². The second-order valence-electron chi connectivity index (χ2n) is 7.85. The van der Waals surface area contributed by atoms with Crippen LogP contribution in [0.25, 0.3) is 11.3 Å². The van der Waals surface area contributed by atoms with Gasteiger partial charge in [0.1, 0.15) is 17.5 Å². The number of nitrogens with one attached hydrogen (secondary N) is 1. The number of rotatable bonds is 4. The summed E-state index contributed by atoms with van der Waals surface area (Å²) < 4.78 is 0. The molecule has 1 aliphatic carbocycles. The van der Waals surface area contributed by atoms with E-state index in [9.17, 15) is 5.26 Å². The summed E-state index contributed by atoms with van der Waals surface area (Å²) in [6, 6.07) is 11.1. The molecular weight excluding hydrogens is 340 g/mol. The lowest BCUT2D eigenvalue weighted by atomic mass is 9.86. The molecule has 0 saturated heterocycles. The van der Waals surface area contributed by atoms with E-state index < -0.39 is 0 Å². The maximum atomic E-state index is 9.81. The van der Waals surface area contributed by atoms with Crippen LogP contribution in [0, 0.1) is 11.3 Å². The summed E-state index contributed by atoms with van der Waals surface area (Å²) in [6.07, 6.45) is 6.72. The van der Waals surface area contributed by atoms with Crippen LogP contribution in [0.5, 0.6) is 0 Å². The van der Waals surface area contributed by atoms with Crippen LogP contribution in [-0.2, 0) is 5.41 Å². The first-order valence-corrected chi connectivity index (χ1v) is 10.4. The Kier molecular flexibility index (Phi) is 5.52. The lowest BCUT2D eigenvalue weighted by Crippen LogP contribution is -2.17. The number of anilines is 1. The van der Waals surface area contributed by atoms with Gasteiger partial charge in [0, 0.05) is 11.6 Å². The molecule has 0 unspecified atom stereocenters. The highest BCUT2D eigenvalue weighted by molar-refractivity contribution is 7.98. The van der Waals surface area contributed by atoms with Crippen molar-refractivity contribution in [3.8, 4) is 17.3 Å². The molecule has 26 heavy (non-hydrogen) atoms. The molecule has 5 heteroatoms. The first-order chi connectivity index (χ1) is 12.4. The Hall–Kier alpha value is -2.06. The smallest absolute Gasteiger partial charge is 0.189 e. The third-order valence-electron chi connectivity index (χ3n) is 4.90. The molecule has 0 aliphatic heterocycles. The predicted molar refractivity (Wildman–Crippen MR) is 109 cm³/mol. The van der Waals surface area contributed by atoms with Gasteiger partial charge in [-0.15, -0.1) is 0 Å². The minimum absolute atomic E-state index is 0.0991. The van der Waals surface area contributed by atoms with Gasteiger partial charge in [-0.2, -0.15) is 5.26 Å². The molecule has 2 aromatic rings. The molecule has 0 atom stereocenters. The van der Waals surface area contributed by atoms with Gasteiger partial charge in [-0.05, 0) is 30.1 Å². The number of hydrogen-bond acceptors (Lipinski definition) is 5. The number of aromatic nitrogens is 2. The van der Waals surface area contributed by atoms with Gasteiger partial charge < -0.3 is 5.32 Å². The molecule has 1 fully saturated rings. The zero-order valence-electron chi connectivity index (χ0n) is 16.0. The van der Waals surface area contributed by atoms with Gasteiger partial charge in [0.2, 0.25) is 0 Å². The molecule has 1 aromatic carbocycles. The zero-order chi connectivity index (χ0) is 18.7. The summed E-state index contributed by atoms with van der Waals surface area (Å²) >= 11 is 1.50. The Bertz CT molecular complexity index is 810. The van der Waals surface area contributed by atoms with E-state index in [2.05, 4.69) is 66.4 Å². The first-order valence-electron chi connectivity index (χ1n) is 9.16. The monoisotopic (exact) mass is 366 g/mol. The Morgan fingerprint density at radius 3 is 2.31 bits per heavy atom. The van der Waals surface area contributed by atoms with Crippen LogP contribution in [0.2, 0.25) is 0 Å². The summed E-state index contributed by atoms with van der Waals surface area (Å²) in [5.74, 6) is 0.675. The van der Waals surface area contributed by atoms with Gasteiger partial charge in [0.05, 0.1) is 5.69 Å². The van der Waals surface area contributed by atoms with Crippen LogP contribution in [0.1, 0.15) is 57.6 Å². The second-order valence-corrected chi connectivity index (χ2v) is 8.62. The van der Waals surface area contributed by atoms with E-state index in [0.717, 1.165) is 18.4 Å². The van der Waals surface area contributed by atoms with Gasteiger partial charge in [-0.3, -0.25) is 0 Å². The molecule has 1 saturated carbocycles. The van der Waals surface area contributed by atoms with E-state index in [4.69, 9.17) is 0 Å². The summed E-state index contributed by atoms with van der Waals surface area (Å²) in [5.41, 5.74) is 3.58. The molecule has 3 rings (SSSR count). The van der Waals surface area contributed by atoms with Crippen molar-refractivity contribution in [2.75, 3.05) is 11.6 Å². The number of nitriles is 1. The van der Waals surface area contributed by atoms with Gasteiger partial charge in [0.15, 0.2) is 5.16 Å². The van der Waals surface area contributed by atoms with E-state index in [0.29, 0.717) is 28.3 Å². The van der Waals surface area contributed by atoms with Crippen molar-refractivity contribution < 1.29 is 0 Å². The minimum Gasteiger partial charge on any atom is -0.366 e. The van der Waals surface area contributed by atoms with Crippen molar-refractivity contribution in [3.63, 3.8) is 0 Å². The largest absolute Gasteiger partial charge is 0.366 e. The average molecular weight is 367 g/mol. The van der Waals surface area contributed by atoms with Gasteiger partial charge in [-0.25, -0.2) is 9.97 Å². The fourth-order valence-electron chi connectivity index (χ4n) is 3.34. The molecule has 1 N–H and O–H groups in total. The molecule has 4 nitrogen and oxygen atoms in total. The molecule has 1 aromatic heterocycles. The fraction of sp³-hybridized carbons (Fsp3) is 0.476. The van der Waals surface area contributed by atoms with Gasteiger partial charge in [0.25, 0.3) is 0 Å². The third-order valence-corrected chi connectivity index (χ3v) is 5.45. The van der Waals surface area contributed by atoms with Crippen molar-refractivity contribution in [3.05, 3.63) is 35.4 Å². The number of thioether (sulfide) groups is 1. The van der Waals surface area contributed by atoms with Crippen LogP contribution in [0.15, 0.2) is 29.4 Å². The lowest BCUT2D eigenvalue weighted by molar-refractivity contribution is 0.590. The minimum atomic E-state index is 0.0991. The summed E-state index contributed by atoms with van der Waals surface area (Å²) in [4.78, 5) is 9.24. The molecule has 0 radical (unpaired) electrons. The highest BCUT2D eigenvalue weighted by atomic mass is 32.2. The maximum Gasteiger partial charge on any atom is 0.189 e. The maximum absolute atomic E-state index is 9.81. The van der Waals surface area contributed by atoms with Crippen LogP contribution >= 0.6 is 11.8 Å².